The summed E-state index contributed by atoms with van der Waals surface area (Å²) in [5.74, 6) is 2.41. The minimum Gasteiger partial charge on any atom is -0.334 e. The quantitative estimate of drug-likeness (QED) is 0.821. The molecular weight excluding hydrogens is 254 g/mol. The van der Waals surface area contributed by atoms with Crippen molar-refractivity contribution in [3.63, 3.8) is 0 Å². The molecular formula is C16H21NOS. The second-order valence-electron chi connectivity index (χ2n) is 6.56. The summed E-state index contributed by atoms with van der Waals surface area (Å²) in [6.07, 6.45) is 7.63. The third-order valence-electron chi connectivity index (χ3n) is 5.23. The fourth-order valence-electron chi connectivity index (χ4n) is 4.10. The first kappa shape index (κ1) is 12.0. The van der Waals surface area contributed by atoms with Crippen LogP contribution < -0.4 is 0 Å². The van der Waals surface area contributed by atoms with Gasteiger partial charge in [0.25, 0.3) is 0 Å². The van der Waals surface area contributed by atoms with Crippen molar-refractivity contribution in [3.05, 3.63) is 22.4 Å². The Hall–Kier alpha value is -0.830. The average molecular weight is 275 g/mol. The average Bonchev–Trinajstić information content (AvgIpc) is 2.86. The van der Waals surface area contributed by atoms with E-state index in [1.54, 1.807) is 11.3 Å². The van der Waals surface area contributed by atoms with Crippen LogP contribution in [0.3, 0.4) is 0 Å². The number of hydrogen-bond acceptors (Lipinski definition) is 2. The molecule has 3 aliphatic carbocycles. The highest BCUT2D eigenvalue weighted by atomic mass is 32.1. The molecule has 1 aromatic heterocycles. The second kappa shape index (κ2) is 4.62. The molecule has 4 rings (SSSR count). The standard InChI is InChI=1S/C16H21NOS/c18-16(15-9-11-3-4-12(15)8-11)17(13-5-6-13)10-14-2-1-7-19-14/h1-2,7,11-13,15H,3-6,8-10H2/t11-,12-,15-/m0/s1. The summed E-state index contributed by atoms with van der Waals surface area (Å²) in [6, 6.07) is 4.80. The Labute approximate surface area is 118 Å². The van der Waals surface area contributed by atoms with Gasteiger partial charge in [0.05, 0.1) is 6.54 Å². The lowest BCUT2D eigenvalue weighted by molar-refractivity contribution is -0.138. The van der Waals surface area contributed by atoms with Crippen LogP contribution >= 0.6 is 11.3 Å². The summed E-state index contributed by atoms with van der Waals surface area (Å²) in [5.41, 5.74) is 0. The molecule has 3 saturated carbocycles. The van der Waals surface area contributed by atoms with Gasteiger partial charge >= 0.3 is 0 Å². The van der Waals surface area contributed by atoms with Gasteiger partial charge in [-0.2, -0.15) is 0 Å². The van der Waals surface area contributed by atoms with Crippen molar-refractivity contribution in [3.8, 4) is 0 Å². The first-order valence-electron chi connectivity index (χ1n) is 7.64. The third kappa shape index (κ3) is 2.22. The molecule has 3 heteroatoms. The minimum absolute atomic E-state index is 0.360. The van der Waals surface area contributed by atoms with Crippen LogP contribution in [0.1, 0.15) is 43.4 Å². The summed E-state index contributed by atoms with van der Waals surface area (Å²) in [7, 11) is 0. The van der Waals surface area contributed by atoms with E-state index in [1.807, 2.05) is 0 Å². The highest BCUT2D eigenvalue weighted by Crippen LogP contribution is 2.49. The van der Waals surface area contributed by atoms with E-state index in [0.29, 0.717) is 23.8 Å². The van der Waals surface area contributed by atoms with Gasteiger partial charge < -0.3 is 4.90 Å². The summed E-state index contributed by atoms with van der Waals surface area (Å²) in [5, 5.41) is 2.11. The van der Waals surface area contributed by atoms with E-state index in [0.717, 1.165) is 12.5 Å². The molecule has 0 saturated heterocycles. The first-order chi connectivity index (χ1) is 9.31. The van der Waals surface area contributed by atoms with Crippen LogP contribution in [0.2, 0.25) is 0 Å². The number of fused-ring (bicyclic) bond motifs is 2. The normalized spacial score (nSPS) is 32.7. The maximum absolute atomic E-state index is 12.9. The zero-order valence-electron chi connectivity index (χ0n) is 11.3. The number of rotatable bonds is 4. The van der Waals surface area contributed by atoms with Crippen LogP contribution in [0.5, 0.6) is 0 Å². The Bertz CT molecular complexity index is 465. The van der Waals surface area contributed by atoms with E-state index in [9.17, 15) is 4.79 Å². The highest BCUT2D eigenvalue weighted by molar-refractivity contribution is 7.09. The summed E-state index contributed by atoms with van der Waals surface area (Å²) in [6.45, 7) is 0.856. The summed E-state index contributed by atoms with van der Waals surface area (Å²) >= 11 is 1.78. The molecule has 102 valence electrons. The number of nitrogens with zero attached hydrogens (tertiary/aromatic N) is 1. The smallest absolute Gasteiger partial charge is 0.226 e. The predicted octanol–water partition coefficient (Wildman–Crippen LogP) is 3.68. The van der Waals surface area contributed by atoms with Crippen LogP contribution in [0.25, 0.3) is 0 Å². The van der Waals surface area contributed by atoms with E-state index in [2.05, 4.69) is 22.4 Å². The molecule has 0 N–H and O–H groups in total. The van der Waals surface area contributed by atoms with Gasteiger partial charge in [-0.1, -0.05) is 12.5 Å². The van der Waals surface area contributed by atoms with E-state index in [-0.39, 0.29) is 0 Å². The van der Waals surface area contributed by atoms with E-state index in [4.69, 9.17) is 0 Å². The molecule has 1 amide bonds. The number of thiophene rings is 1. The molecule has 0 aliphatic heterocycles. The van der Waals surface area contributed by atoms with E-state index < -0.39 is 0 Å². The van der Waals surface area contributed by atoms with Gasteiger partial charge in [-0.3, -0.25) is 4.79 Å². The van der Waals surface area contributed by atoms with Crippen molar-refractivity contribution in [2.75, 3.05) is 0 Å². The molecule has 1 heterocycles. The zero-order chi connectivity index (χ0) is 12.8. The zero-order valence-corrected chi connectivity index (χ0v) is 12.1. The Morgan fingerprint density at radius 3 is 2.74 bits per heavy atom. The van der Waals surface area contributed by atoms with Crippen molar-refractivity contribution in [1.82, 2.24) is 4.90 Å². The second-order valence-corrected chi connectivity index (χ2v) is 7.59. The van der Waals surface area contributed by atoms with Crippen LogP contribution in [0.15, 0.2) is 17.5 Å². The highest BCUT2D eigenvalue weighted by Gasteiger charge is 2.46. The van der Waals surface area contributed by atoms with Crippen LogP contribution in [0, 0.1) is 17.8 Å². The monoisotopic (exact) mass is 275 g/mol. The lowest BCUT2D eigenvalue weighted by Gasteiger charge is -2.29. The van der Waals surface area contributed by atoms with Gasteiger partial charge in [-0.05, 0) is 55.4 Å². The largest absolute Gasteiger partial charge is 0.334 e. The number of carbonyl (C=O) groups excluding carboxylic acids is 1. The third-order valence-corrected chi connectivity index (χ3v) is 6.09. The topological polar surface area (TPSA) is 20.3 Å². The predicted molar refractivity (Wildman–Crippen MR) is 76.8 cm³/mol. The molecule has 3 fully saturated rings. The Kier molecular flexibility index (Phi) is 2.91. The SMILES string of the molecule is O=C([C@H]1C[C@H]2CC[C@H]1C2)N(Cc1cccs1)C1CC1. The Balaban J connectivity index is 1.49. The summed E-state index contributed by atoms with van der Waals surface area (Å²) in [4.78, 5) is 16.4. The fraction of sp³-hybridized carbons (Fsp3) is 0.688. The molecule has 2 bridgehead atoms. The molecule has 0 spiro atoms. The molecule has 19 heavy (non-hydrogen) atoms. The van der Waals surface area contributed by atoms with E-state index in [1.165, 1.54) is 43.4 Å². The molecule has 0 unspecified atom stereocenters. The maximum atomic E-state index is 12.9. The number of amides is 1. The summed E-state index contributed by atoms with van der Waals surface area (Å²) < 4.78 is 0. The van der Waals surface area contributed by atoms with Crippen molar-refractivity contribution in [2.45, 2.75) is 51.1 Å². The van der Waals surface area contributed by atoms with Gasteiger partial charge in [0, 0.05) is 16.8 Å². The first-order valence-corrected chi connectivity index (χ1v) is 8.52. The Morgan fingerprint density at radius 2 is 2.16 bits per heavy atom. The molecule has 3 aliphatic rings. The van der Waals surface area contributed by atoms with Gasteiger partial charge in [-0.25, -0.2) is 0 Å². The Morgan fingerprint density at radius 1 is 1.26 bits per heavy atom. The van der Waals surface area contributed by atoms with Crippen molar-refractivity contribution in [2.24, 2.45) is 17.8 Å². The van der Waals surface area contributed by atoms with E-state index >= 15 is 0 Å². The lowest BCUT2D eigenvalue weighted by Crippen LogP contribution is -2.39. The molecule has 0 aromatic carbocycles. The van der Waals surface area contributed by atoms with Gasteiger partial charge in [0.1, 0.15) is 0 Å². The van der Waals surface area contributed by atoms with Gasteiger partial charge in [-0.15, -0.1) is 11.3 Å². The van der Waals surface area contributed by atoms with Gasteiger partial charge in [0.15, 0.2) is 0 Å². The van der Waals surface area contributed by atoms with Crippen molar-refractivity contribution >= 4 is 17.2 Å². The number of hydrogen-bond donors (Lipinski definition) is 0. The molecule has 0 radical (unpaired) electrons. The molecule has 1 aromatic rings. The fourth-order valence-corrected chi connectivity index (χ4v) is 4.81. The van der Waals surface area contributed by atoms with Gasteiger partial charge in [0.2, 0.25) is 5.91 Å². The van der Waals surface area contributed by atoms with Crippen molar-refractivity contribution in [1.29, 1.82) is 0 Å². The van der Waals surface area contributed by atoms with Crippen LogP contribution in [0.4, 0.5) is 0 Å². The number of carbonyl (C=O) groups is 1. The maximum Gasteiger partial charge on any atom is 0.226 e. The lowest BCUT2D eigenvalue weighted by atomic mass is 9.87. The minimum atomic E-state index is 0.360. The molecule has 2 nitrogen and oxygen atoms in total. The van der Waals surface area contributed by atoms with Crippen LogP contribution in [-0.2, 0) is 11.3 Å². The van der Waals surface area contributed by atoms with Crippen LogP contribution in [-0.4, -0.2) is 16.8 Å². The van der Waals surface area contributed by atoms with Crippen molar-refractivity contribution < 1.29 is 4.79 Å². The molecule has 3 atom stereocenters.